The average Bonchev–Trinajstić information content (AvgIpc) is 3.36. The summed E-state index contributed by atoms with van der Waals surface area (Å²) in [6.45, 7) is 0. The highest BCUT2D eigenvalue weighted by atomic mass is 32.2. The van der Waals surface area contributed by atoms with Gasteiger partial charge in [-0.25, -0.2) is 4.98 Å². The van der Waals surface area contributed by atoms with E-state index in [1.807, 2.05) is 36.0 Å². The highest BCUT2D eigenvalue weighted by Crippen LogP contribution is 2.64. The number of nitrogens with one attached hydrogen (secondary N) is 1. The first kappa shape index (κ1) is 19.6. The van der Waals surface area contributed by atoms with Gasteiger partial charge in [0.05, 0.1) is 4.08 Å². The molecule has 0 radical (unpaired) electrons. The van der Waals surface area contributed by atoms with Gasteiger partial charge in [-0.2, -0.15) is 0 Å². The van der Waals surface area contributed by atoms with Crippen molar-refractivity contribution in [2.24, 2.45) is 24.8 Å². The molecule has 5 rings (SSSR count). The zero-order valence-corrected chi connectivity index (χ0v) is 18.6. The summed E-state index contributed by atoms with van der Waals surface area (Å²) >= 11 is 4.40. The minimum Gasteiger partial charge on any atom is -0.342 e. The molecule has 2 heterocycles. The van der Waals surface area contributed by atoms with E-state index >= 15 is 0 Å². The first-order valence-electron chi connectivity index (χ1n) is 10.8. The molecule has 1 N–H and O–H groups in total. The number of hydrogen-bond donors (Lipinski definition) is 1. The summed E-state index contributed by atoms with van der Waals surface area (Å²) in [5, 5.41) is 3.38. The summed E-state index contributed by atoms with van der Waals surface area (Å²) in [4.78, 5) is 18.0. The Kier molecular flexibility index (Phi) is 5.41. The Bertz CT molecular complexity index is 846. The second-order valence-electron chi connectivity index (χ2n) is 8.66. The van der Waals surface area contributed by atoms with Crippen molar-refractivity contribution in [3.05, 3.63) is 54.1 Å². The number of carbonyl (C=O) groups is 1. The Morgan fingerprint density at radius 2 is 1.86 bits per heavy atom. The van der Waals surface area contributed by atoms with Crippen molar-refractivity contribution in [1.29, 1.82) is 0 Å². The van der Waals surface area contributed by atoms with E-state index in [0.29, 0.717) is 15.9 Å². The van der Waals surface area contributed by atoms with E-state index in [4.69, 9.17) is 0 Å². The van der Waals surface area contributed by atoms with Crippen molar-refractivity contribution in [2.45, 2.75) is 42.2 Å². The van der Waals surface area contributed by atoms with Crippen molar-refractivity contribution >= 4 is 29.4 Å². The van der Waals surface area contributed by atoms with Gasteiger partial charge in [-0.1, -0.05) is 36.8 Å². The number of carbonyl (C=O) groups excluding carboxylic acids is 1. The highest BCUT2D eigenvalue weighted by Gasteiger charge is 2.55. The fourth-order valence-corrected chi connectivity index (χ4v) is 9.62. The summed E-state index contributed by atoms with van der Waals surface area (Å²) in [6, 6.07) is 10.0. The zero-order chi connectivity index (χ0) is 19.8. The Labute approximate surface area is 181 Å². The highest BCUT2D eigenvalue weighted by molar-refractivity contribution is 8.21. The molecule has 1 saturated heterocycles. The first-order chi connectivity index (χ1) is 14.2. The van der Waals surface area contributed by atoms with Gasteiger partial charge >= 0.3 is 0 Å². The van der Waals surface area contributed by atoms with Crippen LogP contribution >= 0.6 is 23.5 Å². The van der Waals surface area contributed by atoms with Crippen LogP contribution in [0.25, 0.3) is 0 Å². The fourth-order valence-electron chi connectivity index (χ4n) is 5.68. The molecule has 1 aromatic heterocycles. The Morgan fingerprint density at radius 3 is 2.48 bits per heavy atom. The van der Waals surface area contributed by atoms with Crippen LogP contribution in [0, 0.1) is 17.8 Å². The molecule has 2 aliphatic carbocycles. The van der Waals surface area contributed by atoms with Crippen LogP contribution in [0.5, 0.6) is 0 Å². The molecule has 2 aromatic rings. The lowest BCUT2D eigenvalue weighted by atomic mass is 9.67. The van der Waals surface area contributed by atoms with Gasteiger partial charge in [0, 0.05) is 36.9 Å². The van der Waals surface area contributed by atoms with E-state index in [-0.39, 0.29) is 17.9 Å². The maximum atomic E-state index is 13.5. The van der Waals surface area contributed by atoms with Crippen LogP contribution in [0.15, 0.2) is 42.7 Å². The SMILES string of the molecule is Cn1ccnc1[C@@H](NC(=O)C1C[C@H]2CCC[C@@H](C1)C21SCCS1)c1ccccc1. The predicted octanol–water partition coefficient (Wildman–Crippen LogP) is 4.63. The first-order valence-corrected chi connectivity index (χ1v) is 12.7. The van der Waals surface area contributed by atoms with Gasteiger partial charge in [-0.3, -0.25) is 4.79 Å². The number of aromatic nitrogens is 2. The Hall–Kier alpha value is -1.40. The number of thioether (sulfide) groups is 2. The summed E-state index contributed by atoms with van der Waals surface area (Å²) in [7, 11) is 1.99. The Balaban J connectivity index is 1.37. The fraction of sp³-hybridized carbons (Fsp3) is 0.565. The van der Waals surface area contributed by atoms with Gasteiger partial charge in [-0.05, 0) is 43.1 Å². The summed E-state index contributed by atoms with van der Waals surface area (Å²) in [5.74, 6) is 5.16. The third-order valence-electron chi connectivity index (χ3n) is 7.03. The summed E-state index contributed by atoms with van der Waals surface area (Å²) in [6.07, 6.45) is 9.77. The molecule has 4 nitrogen and oxygen atoms in total. The molecule has 3 aliphatic rings. The third-order valence-corrected chi connectivity index (χ3v) is 11.0. The van der Waals surface area contributed by atoms with E-state index in [2.05, 4.69) is 46.0 Å². The number of aryl methyl sites for hydroxylation is 1. The number of imidazole rings is 1. The molecule has 1 aliphatic heterocycles. The van der Waals surface area contributed by atoms with Crippen molar-refractivity contribution in [3.8, 4) is 0 Å². The molecular formula is C23H29N3OS2. The number of benzene rings is 1. The van der Waals surface area contributed by atoms with Gasteiger partial charge in [0.15, 0.2) is 0 Å². The minimum absolute atomic E-state index is 0.129. The molecule has 2 bridgehead atoms. The minimum atomic E-state index is -0.199. The van der Waals surface area contributed by atoms with Crippen molar-refractivity contribution in [2.75, 3.05) is 11.5 Å². The summed E-state index contributed by atoms with van der Waals surface area (Å²) in [5.41, 5.74) is 1.09. The average molecular weight is 428 g/mol. The largest absolute Gasteiger partial charge is 0.342 e. The van der Waals surface area contributed by atoms with Gasteiger partial charge in [0.25, 0.3) is 0 Å². The normalized spacial score (nSPS) is 28.9. The lowest BCUT2D eigenvalue weighted by Crippen LogP contribution is -2.50. The number of rotatable bonds is 4. The van der Waals surface area contributed by atoms with Crippen LogP contribution < -0.4 is 5.32 Å². The van der Waals surface area contributed by atoms with Gasteiger partial charge in [0.1, 0.15) is 11.9 Å². The second kappa shape index (κ2) is 8.03. The van der Waals surface area contributed by atoms with Crippen LogP contribution in [0.2, 0.25) is 0 Å². The van der Waals surface area contributed by atoms with Crippen molar-refractivity contribution in [3.63, 3.8) is 0 Å². The molecule has 29 heavy (non-hydrogen) atoms. The van der Waals surface area contributed by atoms with E-state index in [9.17, 15) is 4.79 Å². The topological polar surface area (TPSA) is 46.9 Å². The van der Waals surface area contributed by atoms with E-state index < -0.39 is 0 Å². The second-order valence-corrected chi connectivity index (χ2v) is 11.7. The van der Waals surface area contributed by atoms with Crippen molar-refractivity contribution < 1.29 is 4.79 Å². The molecule has 3 fully saturated rings. The molecule has 6 heteroatoms. The molecule has 2 saturated carbocycles. The maximum Gasteiger partial charge on any atom is 0.223 e. The van der Waals surface area contributed by atoms with E-state index in [1.54, 1.807) is 6.20 Å². The maximum absolute atomic E-state index is 13.5. The third kappa shape index (κ3) is 3.52. The lowest BCUT2D eigenvalue weighted by molar-refractivity contribution is -0.128. The van der Waals surface area contributed by atoms with Crippen LogP contribution in [-0.2, 0) is 11.8 Å². The lowest BCUT2D eigenvalue weighted by Gasteiger charge is -2.52. The molecule has 4 atom stereocenters. The molecule has 1 aromatic carbocycles. The number of nitrogens with zero attached hydrogens (tertiary/aromatic N) is 2. The number of amides is 1. The zero-order valence-electron chi connectivity index (χ0n) is 16.9. The van der Waals surface area contributed by atoms with Crippen molar-refractivity contribution in [1.82, 2.24) is 14.9 Å². The van der Waals surface area contributed by atoms with E-state index in [1.165, 1.54) is 30.8 Å². The number of hydrogen-bond acceptors (Lipinski definition) is 4. The molecule has 1 unspecified atom stereocenters. The summed E-state index contributed by atoms with van der Waals surface area (Å²) < 4.78 is 2.42. The quantitative estimate of drug-likeness (QED) is 0.773. The van der Waals surface area contributed by atoms with Gasteiger partial charge in [-0.15, -0.1) is 23.5 Å². The van der Waals surface area contributed by atoms with Crippen LogP contribution in [-0.4, -0.2) is 31.0 Å². The Morgan fingerprint density at radius 1 is 1.17 bits per heavy atom. The van der Waals surface area contributed by atoms with Crippen LogP contribution in [0.3, 0.4) is 0 Å². The predicted molar refractivity (Wildman–Crippen MR) is 121 cm³/mol. The molecule has 154 valence electrons. The molecule has 1 spiro atoms. The van der Waals surface area contributed by atoms with Gasteiger partial charge < -0.3 is 9.88 Å². The standard InChI is InChI=1S/C23H29N3OS2/c1-26-11-10-24-21(26)20(16-6-3-2-4-7-16)25-22(27)17-14-18-8-5-9-19(15-17)23(18)28-12-13-29-23/h2-4,6-7,10-11,17-20H,5,8-9,12-15H2,1H3,(H,25,27)/t17?,18-,19+,20-/m0/s1. The van der Waals surface area contributed by atoms with Crippen LogP contribution in [0.1, 0.15) is 49.5 Å². The monoisotopic (exact) mass is 427 g/mol. The van der Waals surface area contributed by atoms with Crippen LogP contribution in [0.4, 0.5) is 0 Å². The molecular weight excluding hydrogens is 398 g/mol. The smallest absolute Gasteiger partial charge is 0.223 e. The van der Waals surface area contributed by atoms with Gasteiger partial charge in [0.2, 0.25) is 5.91 Å². The molecule has 1 amide bonds. The van der Waals surface area contributed by atoms with E-state index in [0.717, 1.165) is 24.2 Å².